The molecule has 0 bridgehead atoms. The van der Waals surface area contributed by atoms with Crippen molar-refractivity contribution in [2.75, 3.05) is 20.2 Å². The summed E-state index contributed by atoms with van der Waals surface area (Å²) in [7, 11) is 1.93. The molecular formula is C22H27FN2O3. The molecule has 0 fully saturated rings. The van der Waals surface area contributed by atoms with Gasteiger partial charge < -0.3 is 14.4 Å². The van der Waals surface area contributed by atoms with E-state index >= 15 is 0 Å². The topological polar surface area (TPSA) is 51.1 Å². The van der Waals surface area contributed by atoms with Crippen molar-refractivity contribution in [3.05, 3.63) is 58.9 Å². The summed E-state index contributed by atoms with van der Waals surface area (Å²) in [6, 6.07) is 9.66. The molecular weight excluding hydrogens is 359 g/mol. The molecule has 150 valence electrons. The molecule has 0 radical (unpaired) electrons. The van der Waals surface area contributed by atoms with Crippen LogP contribution in [0.3, 0.4) is 0 Å². The number of carbonyl (C=O) groups is 1. The lowest BCUT2D eigenvalue weighted by molar-refractivity contribution is 0.0464. The fourth-order valence-corrected chi connectivity index (χ4v) is 2.39. The number of halogens is 1. The number of benzene rings is 2. The molecule has 0 saturated heterocycles. The van der Waals surface area contributed by atoms with Crippen molar-refractivity contribution in [1.29, 1.82) is 0 Å². The minimum Gasteiger partial charge on any atom is -0.493 e. The molecule has 5 nitrogen and oxygen atoms in total. The van der Waals surface area contributed by atoms with Gasteiger partial charge in [-0.2, -0.15) is 0 Å². The molecule has 0 spiro atoms. The van der Waals surface area contributed by atoms with E-state index in [4.69, 9.17) is 9.47 Å². The predicted molar refractivity (Wildman–Crippen MR) is 109 cm³/mol. The van der Waals surface area contributed by atoms with Crippen molar-refractivity contribution in [1.82, 2.24) is 4.90 Å². The maximum atomic E-state index is 13.7. The van der Waals surface area contributed by atoms with Gasteiger partial charge in [-0.1, -0.05) is 25.1 Å². The first-order valence-electron chi connectivity index (χ1n) is 9.38. The molecule has 28 heavy (non-hydrogen) atoms. The second kappa shape index (κ2) is 10.4. The summed E-state index contributed by atoms with van der Waals surface area (Å²) in [6.45, 7) is 7.05. The minimum atomic E-state index is -0.557. The van der Waals surface area contributed by atoms with Crippen LogP contribution in [0.4, 0.5) is 10.1 Å². The zero-order valence-corrected chi connectivity index (χ0v) is 16.9. The first-order chi connectivity index (χ1) is 13.5. The molecule has 0 aromatic heterocycles. The third-order valence-corrected chi connectivity index (χ3v) is 4.19. The van der Waals surface area contributed by atoms with Gasteiger partial charge in [-0.3, -0.25) is 0 Å². The summed E-state index contributed by atoms with van der Waals surface area (Å²) in [4.78, 5) is 19.0. The summed E-state index contributed by atoms with van der Waals surface area (Å²) in [5, 5.41) is 0. The highest BCUT2D eigenvalue weighted by Gasteiger charge is 2.18. The number of aliphatic imine (C=N–C) groups is 1. The van der Waals surface area contributed by atoms with Gasteiger partial charge in [-0.15, -0.1) is 0 Å². The smallest absolute Gasteiger partial charge is 0.342 e. The van der Waals surface area contributed by atoms with Gasteiger partial charge in [0.2, 0.25) is 0 Å². The second-order valence-electron chi connectivity index (χ2n) is 6.47. The Balaban J connectivity index is 2.25. The van der Waals surface area contributed by atoms with Crippen LogP contribution in [0.5, 0.6) is 5.75 Å². The molecule has 0 atom stereocenters. The summed E-state index contributed by atoms with van der Waals surface area (Å²) >= 11 is 0. The third kappa shape index (κ3) is 5.81. The monoisotopic (exact) mass is 386 g/mol. The van der Waals surface area contributed by atoms with Crippen molar-refractivity contribution >= 4 is 18.0 Å². The number of aryl methyl sites for hydroxylation is 1. The zero-order valence-electron chi connectivity index (χ0n) is 16.9. The highest BCUT2D eigenvalue weighted by atomic mass is 19.1. The SMILES string of the molecule is CCCOc1cc(/N=C/N(C)CC)c(C)cc1C(=O)OCc1ccccc1F. The van der Waals surface area contributed by atoms with E-state index in [1.807, 2.05) is 32.7 Å². The number of carbonyl (C=O) groups excluding carboxylic acids is 1. The fourth-order valence-electron chi connectivity index (χ4n) is 2.39. The van der Waals surface area contributed by atoms with E-state index in [-0.39, 0.29) is 6.61 Å². The summed E-state index contributed by atoms with van der Waals surface area (Å²) in [6.07, 6.45) is 2.54. The number of nitrogens with zero attached hydrogens (tertiary/aromatic N) is 2. The fraction of sp³-hybridized carbons (Fsp3) is 0.364. The maximum absolute atomic E-state index is 13.7. The largest absolute Gasteiger partial charge is 0.493 e. The van der Waals surface area contributed by atoms with E-state index in [9.17, 15) is 9.18 Å². The van der Waals surface area contributed by atoms with Gasteiger partial charge in [0, 0.05) is 25.2 Å². The molecule has 0 amide bonds. The highest BCUT2D eigenvalue weighted by molar-refractivity contribution is 5.93. The predicted octanol–water partition coefficient (Wildman–Crippen LogP) is 4.89. The second-order valence-corrected chi connectivity index (χ2v) is 6.47. The highest BCUT2D eigenvalue weighted by Crippen LogP contribution is 2.30. The van der Waals surface area contributed by atoms with Crippen LogP contribution in [0.25, 0.3) is 0 Å². The van der Waals surface area contributed by atoms with Crippen LogP contribution in [-0.2, 0) is 11.3 Å². The summed E-state index contributed by atoms with van der Waals surface area (Å²) in [5.41, 5.74) is 2.18. The van der Waals surface area contributed by atoms with Gasteiger partial charge in [-0.05, 0) is 38.0 Å². The molecule has 2 rings (SSSR count). The Morgan fingerprint density at radius 3 is 2.68 bits per heavy atom. The van der Waals surface area contributed by atoms with E-state index in [1.54, 1.807) is 36.7 Å². The van der Waals surface area contributed by atoms with Crippen LogP contribution in [0, 0.1) is 12.7 Å². The Morgan fingerprint density at radius 2 is 2.00 bits per heavy atom. The average molecular weight is 386 g/mol. The molecule has 6 heteroatoms. The number of hydrogen-bond donors (Lipinski definition) is 0. The van der Waals surface area contributed by atoms with Crippen molar-refractivity contribution in [3.8, 4) is 5.75 Å². The standard InChI is InChI=1S/C22H27FN2O3/c1-5-11-27-21-13-20(24-15-25(4)6-2)16(3)12-18(21)22(26)28-14-17-9-7-8-10-19(17)23/h7-10,12-13,15H,5-6,11,14H2,1-4H3/b24-15+. The lowest BCUT2D eigenvalue weighted by Crippen LogP contribution is -2.14. The van der Waals surface area contributed by atoms with Gasteiger partial charge in [-0.25, -0.2) is 14.2 Å². The molecule has 2 aromatic carbocycles. The van der Waals surface area contributed by atoms with Crippen LogP contribution >= 0.6 is 0 Å². The van der Waals surface area contributed by atoms with Crippen LogP contribution in [0.2, 0.25) is 0 Å². The van der Waals surface area contributed by atoms with Crippen molar-refractivity contribution in [3.63, 3.8) is 0 Å². The zero-order chi connectivity index (χ0) is 20.5. The Morgan fingerprint density at radius 1 is 1.25 bits per heavy atom. The molecule has 0 aliphatic rings. The van der Waals surface area contributed by atoms with E-state index in [0.717, 1.165) is 24.2 Å². The maximum Gasteiger partial charge on any atom is 0.342 e. The molecule has 0 saturated carbocycles. The number of hydrogen-bond acceptors (Lipinski definition) is 4. The third-order valence-electron chi connectivity index (χ3n) is 4.19. The minimum absolute atomic E-state index is 0.140. The average Bonchev–Trinajstić information content (AvgIpc) is 2.70. The van der Waals surface area contributed by atoms with Gasteiger partial charge in [0.15, 0.2) is 0 Å². The Bertz CT molecular complexity index is 837. The Hall–Kier alpha value is -2.89. The van der Waals surface area contributed by atoms with E-state index < -0.39 is 11.8 Å². The van der Waals surface area contributed by atoms with Crippen molar-refractivity contribution < 1.29 is 18.7 Å². The molecule has 0 unspecified atom stereocenters. The number of rotatable bonds is 9. The van der Waals surface area contributed by atoms with Gasteiger partial charge in [0.25, 0.3) is 0 Å². The quantitative estimate of drug-likeness (QED) is 0.350. The molecule has 0 aliphatic carbocycles. The van der Waals surface area contributed by atoms with E-state index in [1.165, 1.54) is 6.07 Å². The number of ether oxygens (including phenoxy) is 2. The summed E-state index contributed by atoms with van der Waals surface area (Å²) < 4.78 is 24.8. The van der Waals surface area contributed by atoms with Crippen LogP contribution in [-0.4, -0.2) is 37.4 Å². The van der Waals surface area contributed by atoms with Crippen molar-refractivity contribution in [2.24, 2.45) is 4.99 Å². The number of esters is 1. The molecule has 0 heterocycles. The first kappa shape index (κ1) is 21.4. The van der Waals surface area contributed by atoms with E-state index in [2.05, 4.69) is 4.99 Å². The van der Waals surface area contributed by atoms with Gasteiger partial charge in [0.05, 0.1) is 18.6 Å². The molecule has 0 aliphatic heterocycles. The van der Waals surface area contributed by atoms with Crippen LogP contribution in [0.15, 0.2) is 41.4 Å². The van der Waals surface area contributed by atoms with Crippen LogP contribution < -0.4 is 4.74 Å². The summed E-state index contributed by atoms with van der Waals surface area (Å²) in [5.74, 6) is -0.547. The van der Waals surface area contributed by atoms with Crippen LogP contribution in [0.1, 0.15) is 41.8 Å². The lowest BCUT2D eigenvalue weighted by Gasteiger charge is -2.14. The van der Waals surface area contributed by atoms with Crippen molar-refractivity contribution in [2.45, 2.75) is 33.8 Å². The molecule has 2 aromatic rings. The first-order valence-corrected chi connectivity index (χ1v) is 9.38. The lowest BCUT2D eigenvalue weighted by atomic mass is 10.1. The molecule has 0 N–H and O–H groups in total. The van der Waals surface area contributed by atoms with Gasteiger partial charge in [0.1, 0.15) is 23.7 Å². The van der Waals surface area contributed by atoms with Gasteiger partial charge >= 0.3 is 5.97 Å². The van der Waals surface area contributed by atoms with E-state index in [0.29, 0.717) is 23.5 Å². The Labute approximate surface area is 165 Å². The normalized spacial score (nSPS) is 10.9. The Kier molecular flexibility index (Phi) is 7.99.